The monoisotopic (exact) mass is 265 g/mol. The van der Waals surface area contributed by atoms with Crippen LogP contribution in [0.25, 0.3) is 0 Å². The number of nitrogens with one attached hydrogen (secondary N) is 1. The van der Waals surface area contributed by atoms with Crippen molar-refractivity contribution in [2.24, 2.45) is 0 Å². The Morgan fingerprint density at radius 1 is 1.61 bits per heavy atom. The average molecular weight is 265 g/mol. The molecule has 0 aliphatic heterocycles. The van der Waals surface area contributed by atoms with Crippen LogP contribution in [-0.2, 0) is 17.5 Å². The molecule has 0 saturated heterocycles. The van der Waals surface area contributed by atoms with E-state index in [1.807, 2.05) is 0 Å². The fourth-order valence-corrected chi connectivity index (χ4v) is 1.30. The molecule has 0 fully saturated rings. The minimum absolute atomic E-state index is 0.213. The maximum absolute atomic E-state index is 12.2. The van der Waals surface area contributed by atoms with Gasteiger partial charge in [-0.25, -0.2) is 0 Å². The summed E-state index contributed by atoms with van der Waals surface area (Å²) < 4.78 is 37.7. The Morgan fingerprint density at radius 2 is 2.28 bits per heavy atom. The number of alkyl halides is 3. The molecule has 0 radical (unpaired) electrons. The van der Waals surface area contributed by atoms with Gasteiger partial charge in [0.05, 0.1) is 12.6 Å². The number of hydrogen-bond donors (Lipinski definition) is 2. The van der Waals surface area contributed by atoms with Gasteiger partial charge in [0.25, 0.3) is 0 Å². The summed E-state index contributed by atoms with van der Waals surface area (Å²) in [4.78, 5) is 11.4. The Bertz CT molecular complexity index is 399. The third kappa shape index (κ3) is 4.02. The first kappa shape index (κ1) is 14.5. The molecule has 0 unspecified atom stereocenters. The van der Waals surface area contributed by atoms with Gasteiger partial charge in [-0.3, -0.25) is 9.48 Å². The highest BCUT2D eigenvalue weighted by molar-refractivity contribution is 5.75. The Balaban J connectivity index is 2.57. The molecule has 0 saturated carbocycles. The minimum Gasteiger partial charge on any atom is -0.394 e. The number of carbonyl (C=O) groups excluding carboxylic acids is 1. The van der Waals surface area contributed by atoms with E-state index in [9.17, 15) is 18.0 Å². The molecule has 1 aromatic heterocycles. The first-order chi connectivity index (χ1) is 8.36. The average Bonchev–Trinajstić information content (AvgIpc) is 2.74. The van der Waals surface area contributed by atoms with E-state index >= 15 is 0 Å². The van der Waals surface area contributed by atoms with Crippen molar-refractivity contribution >= 4 is 5.91 Å². The summed E-state index contributed by atoms with van der Waals surface area (Å²) in [7, 11) is 0. The number of aromatic nitrogens is 2. The second-order valence-electron chi connectivity index (χ2n) is 3.75. The molecular weight excluding hydrogens is 251 g/mol. The van der Waals surface area contributed by atoms with Gasteiger partial charge in [-0.15, -0.1) is 0 Å². The van der Waals surface area contributed by atoms with Gasteiger partial charge in [0, 0.05) is 6.20 Å². The summed E-state index contributed by atoms with van der Waals surface area (Å²) in [5.41, 5.74) is -1.04. The summed E-state index contributed by atoms with van der Waals surface area (Å²) in [5.74, 6) is -0.493. The SMILES string of the molecule is CC[C@@H](CO)NC(=O)Cn1ccc(C(F)(F)F)n1. The van der Waals surface area contributed by atoms with Crippen molar-refractivity contribution in [1.82, 2.24) is 15.1 Å². The molecule has 1 rings (SSSR count). The van der Waals surface area contributed by atoms with Crippen molar-refractivity contribution in [3.63, 3.8) is 0 Å². The van der Waals surface area contributed by atoms with Crippen LogP contribution < -0.4 is 5.32 Å². The molecule has 0 aliphatic carbocycles. The highest BCUT2D eigenvalue weighted by atomic mass is 19.4. The molecule has 8 heteroatoms. The largest absolute Gasteiger partial charge is 0.435 e. The zero-order valence-electron chi connectivity index (χ0n) is 9.74. The maximum atomic E-state index is 12.2. The molecule has 102 valence electrons. The first-order valence-electron chi connectivity index (χ1n) is 5.37. The third-order valence-electron chi connectivity index (χ3n) is 2.31. The van der Waals surface area contributed by atoms with E-state index in [-0.39, 0.29) is 13.2 Å². The molecule has 2 N–H and O–H groups in total. The number of carbonyl (C=O) groups is 1. The number of rotatable bonds is 5. The fraction of sp³-hybridized carbons (Fsp3) is 0.600. The summed E-state index contributed by atoms with van der Waals surface area (Å²) in [6, 6.07) is 0.409. The molecule has 5 nitrogen and oxygen atoms in total. The zero-order chi connectivity index (χ0) is 13.8. The number of amides is 1. The zero-order valence-corrected chi connectivity index (χ0v) is 9.74. The van der Waals surface area contributed by atoms with Gasteiger partial charge in [0.2, 0.25) is 5.91 Å². The number of halogens is 3. The summed E-state index contributed by atoms with van der Waals surface area (Å²) in [6.07, 6.45) is -2.89. The predicted octanol–water partition coefficient (Wildman–Crippen LogP) is 0.789. The molecular formula is C10H14F3N3O2. The molecule has 0 aliphatic rings. The summed E-state index contributed by atoms with van der Waals surface area (Å²) in [5, 5.41) is 14.6. The lowest BCUT2D eigenvalue weighted by atomic mass is 10.2. The van der Waals surface area contributed by atoms with Crippen LogP contribution in [0.15, 0.2) is 12.3 Å². The van der Waals surface area contributed by atoms with Crippen molar-refractivity contribution in [2.45, 2.75) is 32.1 Å². The van der Waals surface area contributed by atoms with E-state index in [1.165, 1.54) is 0 Å². The van der Waals surface area contributed by atoms with Crippen LogP contribution in [0.3, 0.4) is 0 Å². The number of aliphatic hydroxyl groups excluding tert-OH is 1. The second kappa shape index (κ2) is 5.85. The van der Waals surface area contributed by atoms with Gasteiger partial charge in [0.15, 0.2) is 5.69 Å². The molecule has 1 atom stereocenters. The van der Waals surface area contributed by atoms with E-state index in [1.54, 1.807) is 6.92 Å². The topological polar surface area (TPSA) is 67.2 Å². The Labute approximate surface area is 102 Å². The molecule has 1 amide bonds. The second-order valence-corrected chi connectivity index (χ2v) is 3.75. The van der Waals surface area contributed by atoms with E-state index in [2.05, 4.69) is 10.4 Å². The van der Waals surface area contributed by atoms with E-state index < -0.39 is 23.8 Å². The third-order valence-corrected chi connectivity index (χ3v) is 2.31. The number of nitrogens with zero attached hydrogens (tertiary/aromatic N) is 2. The predicted molar refractivity (Wildman–Crippen MR) is 56.5 cm³/mol. The van der Waals surface area contributed by atoms with Gasteiger partial charge in [0.1, 0.15) is 6.54 Å². The molecule has 18 heavy (non-hydrogen) atoms. The molecule has 0 bridgehead atoms. The highest BCUT2D eigenvalue weighted by Gasteiger charge is 2.33. The lowest BCUT2D eigenvalue weighted by Crippen LogP contribution is -2.39. The van der Waals surface area contributed by atoms with Gasteiger partial charge < -0.3 is 10.4 Å². The first-order valence-corrected chi connectivity index (χ1v) is 5.37. The van der Waals surface area contributed by atoms with Gasteiger partial charge in [-0.05, 0) is 12.5 Å². The molecule has 0 aromatic carbocycles. The van der Waals surface area contributed by atoms with Crippen molar-refractivity contribution in [3.05, 3.63) is 18.0 Å². The minimum atomic E-state index is -4.52. The van der Waals surface area contributed by atoms with Gasteiger partial charge in [-0.1, -0.05) is 6.92 Å². The molecule has 1 aromatic rings. The van der Waals surface area contributed by atoms with Crippen LogP contribution in [0.4, 0.5) is 13.2 Å². The van der Waals surface area contributed by atoms with E-state index in [0.29, 0.717) is 6.42 Å². The molecule has 0 spiro atoms. The number of hydrogen-bond acceptors (Lipinski definition) is 3. The van der Waals surface area contributed by atoms with Crippen LogP contribution in [-0.4, -0.2) is 33.4 Å². The van der Waals surface area contributed by atoms with Crippen LogP contribution in [0.1, 0.15) is 19.0 Å². The standard InChI is InChI=1S/C10H14F3N3O2/c1-2-7(6-17)14-9(18)5-16-4-3-8(15-16)10(11,12)13/h3-4,7,17H,2,5-6H2,1H3,(H,14,18)/t7-/m0/s1. The van der Waals surface area contributed by atoms with Crippen LogP contribution >= 0.6 is 0 Å². The smallest absolute Gasteiger partial charge is 0.394 e. The Kier molecular flexibility index (Phi) is 4.71. The lowest BCUT2D eigenvalue weighted by Gasteiger charge is -2.13. The Morgan fingerprint density at radius 3 is 2.72 bits per heavy atom. The van der Waals surface area contributed by atoms with Crippen LogP contribution in [0.2, 0.25) is 0 Å². The van der Waals surface area contributed by atoms with Crippen LogP contribution in [0, 0.1) is 0 Å². The van der Waals surface area contributed by atoms with Gasteiger partial charge in [-0.2, -0.15) is 18.3 Å². The summed E-state index contributed by atoms with van der Waals surface area (Å²) in [6.45, 7) is 1.25. The van der Waals surface area contributed by atoms with Gasteiger partial charge >= 0.3 is 6.18 Å². The van der Waals surface area contributed by atoms with Crippen molar-refractivity contribution in [3.8, 4) is 0 Å². The summed E-state index contributed by atoms with van der Waals surface area (Å²) >= 11 is 0. The fourth-order valence-electron chi connectivity index (χ4n) is 1.30. The van der Waals surface area contributed by atoms with E-state index in [0.717, 1.165) is 16.9 Å². The van der Waals surface area contributed by atoms with E-state index in [4.69, 9.17) is 5.11 Å². The van der Waals surface area contributed by atoms with Crippen molar-refractivity contribution < 1.29 is 23.1 Å². The Hall–Kier alpha value is -1.57. The number of aliphatic hydroxyl groups is 1. The van der Waals surface area contributed by atoms with Crippen LogP contribution in [0.5, 0.6) is 0 Å². The van der Waals surface area contributed by atoms with Crippen molar-refractivity contribution in [1.29, 1.82) is 0 Å². The lowest BCUT2D eigenvalue weighted by molar-refractivity contribution is -0.141. The normalized spacial score (nSPS) is 13.4. The molecule has 1 heterocycles. The maximum Gasteiger partial charge on any atom is 0.435 e. The highest BCUT2D eigenvalue weighted by Crippen LogP contribution is 2.27. The quantitative estimate of drug-likeness (QED) is 0.827. The van der Waals surface area contributed by atoms with Crippen molar-refractivity contribution in [2.75, 3.05) is 6.61 Å².